The number of thiophene rings is 1. The fraction of sp³-hybridized carbons (Fsp3) is 0.222. The van der Waals surface area contributed by atoms with Crippen LogP contribution in [0.15, 0.2) is 24.3 Å². The maximum atomic E-state index is 12.5. The predicted molar refractivity (Wildman–Crippen MR) is 98.6 cm³/mol. The molecule has 134 valence electrons. The molecule has 1 aromatic heterocycles. The number of carbonyl (C=O) groups excluding carboxylic acids is 4. The van der Waals surface area contributed by atoms with E-state index < -0.39 is 11.8 Å². The van der Waals surface area contributed by atoms with E-state index in [-0.39, 0.29) is 18.1 Å². The van der Waals surface area contributed by atoms with Crippen molar-refractivity contribution in [1.82, 2.24) is 0 Å². The van der Waals surface area contributed by atoms with Crippen molar-refractivity contribution in [3.05, 3.63) is 45.8 Å². The SMILES string of the molecule is CC(=O)Nc1ccc(C(=O)Nc2sc3c(c2C(N)=O)CCC(=O)C3)cc1. The van der Waals surface area contributed by atoms with E-state index in [4.69, 9.17) is 5.73 Å². The quantitative estimate of drug-likeness (QED) is 0.763. The minimum Gasteiger partial charge on any atom is -0.365 e. The first-order chi connectivity index (χ1) is 12.3. The lowest BCUT2D eigenvalue weighted by molar-refractivity contribution is -0.118. The highest BCUT2D eigenvalue weighted by Gasteiger charge is 2.27. The summed E-state index contributed by atoms with van der Waals surface area (Å²) in [5.41, 5.74) is 7.50. The number of hydrogen-bond acceptors (Lipinski definition) is 5. The van der Waals surface area contributed by atoms with Crippen LogP contribution in [-0.2, 0) is 22.4 Å². The first kappa shape index (κ1) is 17.8. The Hall–Kier alpha value is -3.00. The highest BCUT2D eigenvalue weighted by Crippen LogP contribution is 2.37. The minimum absolute atomic E-state index is 0.112. The lowest BCUT2D eigenvalue weighted by Crippen LogP contribution is -2.19. The van der Waals surface area contributed by atoms with Crippen molar-refractivity contribution in [2.75, 3.05) is 10.6 Å². The van der Waals surface area contributed by atoms with Crippen LogP contribution in [0.2, 0.25) is 0 Å². The maximum absolute atomic E-state index is 12.5. The van der Waals surface area contributed by atoms with E-state index in [2.05, 4.69) is 10.6 Å². The molecular weight excluding hydrogens is 354 g/mol. The summed E-state index contributed by atoms with van der Waals surface area (Å²) in [6.45, 7) is 1.40. The second kappa shape index (κ2) is 7.09. The summed E-state index contributed by atoms with van der Waals surface area (Å²) in [5.74, 6) is -1.10. The Morgan fingerprint density at radius 1 is 1.08 bits per heavy atom. The average Bonchev–Trinajstić information content (AvgIpc) is 2.91. The molecule has 1 aromatic carbocycles. The fourth-order valence-electron chi connectivity index (χ4n) is 2.88. The van der Waals surface area contributed by atoms with Gasteiger partial charge in [-0.25, -0.2) is 0 Å². The summed E-state index contributed by atoms with van der Waals surface area (Å²) in [6, 6.07) is 6.37. The lowest BCUT2D eigenvalue weighted by atomic mass is 9.94. The van der Waals surface area contributed by atoms with Crippen molar-refractivity contribution in [1.29, 1.82) is 0 Å². The van der Waals surface area contributed by atoms with Crippen molar-refractivity contribution in [3.8, 4) is 0 Å². The number of nitrogens with two attached hydrogens (primary N) is 1. The van der Waals surface area contributed by atoms with Crippen molar-refractivity contribution in [2.24, 2.45) is 5.73 Å². The number of ketones is 1. The predicted octanol–water partition coefficient (Wildman–Crippen LogP) is 2.12. The van der Waals surface area contributed by atoms with Gasteiger partial charge in [0.05, 0.1) is 5.56 Å². The third-order valence-corrected chi connectivity index (χ3v) is 5.19. The third kappa shape index (κ3) is 3.65. The molecule has 2 aromatic rings. The van der Waals surface area contributed by atoms with Crippen LogP contribution >= 0.6 is 11.3 Å². The van der Waals surface area contributed by atoms with Crippen LogP contribution in [0.1, 0.15) is 44.5 Å². The van der Waals surface area contributed by atoms with Crippen molar-refractivity contribution in [2.45, 2.75) is 26.2 Å². The van der Waals surface area contributed by atoms with Crippen LogP contribution in [0.3, 0.4) is 0 Å². The number of carbonyl (C=O) groups is 4. The first-order valence-corrected chi connectivity index (χ1v) is 8.82. The zero-order chi connectivity index (χ0) is 18.8. The smallest absolute Gasteiger partial charge is 0.256 e. The molecule has 0 atom stereocenters. The zero-order valence-electron chi connectivity index (χ0n) is 14.0. The van der Waals surface area contributed by atoms with Crippen LogP contribution in [0.25, 0.3) is 0 Å². The molecule has 0 bridgehead atoms. The Morgan fingerprint density at radius 3 is 2.38 bits per heavy atom. The molecule has 0 radical (unpaired) electrons. The topological polar surface area (TPSA) is 118 Å². The summed E-state index contributed by atoms with van der Waals surface area (Å²) in [4.78, 5) is 47.8. The van der Waals surface area contributed by atoms with Crippen LogP contribution in [0.4, 0.5) is 10.7 Å². The van der Waals surface area contributed by atoms with E-state index in [1.807, 2.05) is 0 Å². The van der Waals surface area contributed by atoms with Gasteiger partial charge in [-0.15, -0.1) is 11.3 Å². The number of amides is 3. The van der Waals surface area contributed by atoms with Gasteiger partial charge >= 0.3 is 0 Å². The van der Waals surface area contributed by atoms with Gasteiger partial charge in [0.1, 0.15) is 10.8 Å². The first-order valence-electron chi connectivity index (χ1n) is 8.00. The Kier molecular flexibility index (Phi) is 4.85. The second-order valence-corrected chi connectivity index (χ2v) is 7.11. The Labute approximate surface area is 153 Å². The van der Waals surface area contributed by atoms with Gasteiger partial charge in [0, 0.05) is 35.9 Å². The van der Waals surface area contributed by atoms with Gasteiger partial charge < -0.3 is 16.4 Å². The van der Waals surface area contributed by atoms with Gasteiger partial charge in [0.2, 0.25) is 5.91 Å². The summed E-state index contributed by atoms with van der Waals surface area (Å²) in [7, 11) is 0. The molecule has 0 spiro atoms. The average molecular weight is 371 g/mol. The van der Waals surface area contributed by atoms with E-state index in [1.165, 1.54) is 18.3 Å². The van der Waals surface area contributed by atoms with Gasteiger partial charge in [-0.2, -0.15) is 0 Å². The zero-order valence-corrected chi connectivity index (χ0v) is 14.9. The fourth-order valence-corrected chi connectivity index (χ4v) is 4.16. The number of rotatable bonds is 4. The van der Waals surface area contributed by atoms with Gasteiger partial charge in [-0.05, 0) is 36.2 Å². The van der Waals surface area contributed by atoms with Crippen molar-refractivity contribution in [3.63, 3.8) is 0 Å². The highest BCUT2D eigenvalue weighted by molar-refractivity contribution is 7.17. The van der Waals surface area contributed by atoms with Gasteiger partial charge in [0.15, 0.2) is 0 Å². The number of primary amides is 1. The number of hydrogen-bond donors (Lipinski definition) is 3. The number of fused-ring (bicyclic) bond motifs is 1. The third-order valence-electron chi connectivity index (χ3n) is 4.04. The van der Waals surface area contributed by atoms with E-state index in [9.17, 15) is 19.2 Å². The normalized spacial score (nSPS) is 13.0. The van der Waals surface area contributed by atoms with Crippen molar-refractivity contribution < 1.29 is 19.2 Å². The summed E-state index contributed by atoms with van der Waals surface area (Å²) in [6.07, 6.45) is 1.10. The molecule has 1 aliphatic carbocycles. The Morgan fingerprint density at radius 2 is 1.77 bits per heavy atom. The molecule has 8 heteroatoms. The molecule has 3 rings (SSSR count). The van der Waals surface area contributed by atoms with Gasteiger partial charge in [0.25, 0.3) is 11.8 Å². The second-order valence-electron chi connectivity index (χ2n) is 6.00. The van der Waals surface area contributed by atoms with Crippen molar-refractivity contribution >= 4 is 45.5 Å². The van der Waals surface area contributed by atoms with Gasteiger partial charge in [-0.3, -0.25) is 19.2 Å². The molecule has 1 aliphatic rings. The highest BCUT2D eigenvalue weighted by atomic mass is 32.1. The molecular formula is C18H17N3O4S. The summed E-state index contributed by atoms with van der Waals surface area (Å²) >= 11 is 1.22. The summed E-state index contributed by atoms with van der Waals surface area (Å²) in [5, 5.41) is 5.71. The maximum Gasteiger partial charge on any atom is 0.256 e. The standard InChI is InChI=1S/C18H17N3O4S/c1-9(22)20-11-4-2-10(3-5-11)17(25)21-18-15(16(19)24)13-7-6-12(23)8-14(13)26-18/h2-5H,6-8H2,1H3,(H2,19,24)(H,20,22)(H,21,25). The van der Waals surface area contributed by atoms with E-state index >= 15 is 0 Å². The van der Waals surface area contributed by atoms with Crippen LogP contribution in [-0.4, -0.2) is 23.5 Å². The largest absolute Gasteiger partial charge is 0.365 e. The molecule has 1 heterocycles. The molecule has 26 heavy (non-hydrogen) atoms. The molecule has 7 nitrogen and oxygen atoms in total. The van der Waals surface area contributed by atoms with E-state index in [0.717, 1.165) is 10.4 Å². The summed E-state index contributed by atoms with van der Waals surface area (Å²) < 4.78 is 0. The molecule has 0 aliphatic heterocycles. The molecule has 3 amide bonds. The Balaban J connectivity index is 1.84. The van der Waals surface area contributed by atoms with Gasteiger partial charge in [-0.1, -0.05) is 0 Å². The molecule has 0 saturated carbocycles. The lowest BCUT2D eigenvalue weighted by Gasteiger charge is -2.10. The molecule has 0 saturated heterocycles. The molecule has 0 fully saturated rings. The van der Waals surface area contributed by atoms with Crippen LogP contribution < -0.4 is 16.4 Å². The Bertz CT molecular complexity index is 915. The minimum atomic E-state index is -0.617. The van der Waals surface area contributed by atoms with E-state index in [0.29, 0.717) is 34.7 Å². The monoisotopic (exact) mass is 371 g/mol. The molecule has 4 N–H and O–H groups in total. The number of nitrogens with one attached hydrogen (secondary N) is 2. The number of benzene rings is 1. The number of Topliss-reactive ketones (excluding diaryl/α,β-unsaturated/α-hetero) is 1. The van der Waals surface area contributed by atoms with Crippen LogP contribution in [0, 0.1) is 0 Å². The van der Waals surface area contributed by atoms with Crippen LogP contribution in [0.5, 0.6) is 0 Å². The van der Waals surface area contributed by atoms with E-state index in [1.54, 1.807) is 24.3 Å². The molecule has 0 unspecified atom stereocenters. The number of anilines is 2.